The van der Waals surface area contributed by atoms with Crippen molar-refractivity contribution < 1.29 is 23.7 Å². The summed E-state index contributed by atoms with van der Waals surface area (Å²) in [6.07, 6.45) is 1.51. The van der Waals surface area contributed by atoms with Crippen LogP contribution in [0, 0.1) is 0 Å². The molecule has 7 nitrogen and oxygen atoms in total. The average molecular weight is 328 g/mol. The van der Waals surface area contributed by atoms with E-state index < -0.39 is 0 Å². The molecule has 2 aromatic carbocycles. The maximum absolute atomic E-state index is 12.0. The Morgan fingerprint density at radius 2 is 1.96 bits per heavy atom. The second-order valence-electron chi connectivity index (χ2n) is 4.88. The normalized spacial score (nSPS) is 12.2. The van der Waals surface area contributed by atoms with Gasteiger partial charge in [-0.2, -0.15) is 5.10 Å². The predicted octanol–water partition coefficient (Wildman–Crippen LogP) is 2.20. The van der Waals surface area contributed by atoms with Crippen LogP contribution in [0.15, 0.2) is 41.5 Å². The fourth-order valence-corrected chi connectivity index (χ4v) is 2.20. The first kappa shape index (κ1) is 15.7. The number of carbonyl (C=O) groups excluding carboxylic acids is 1. The van der Waals surface area contributed by atoms with Gasteiger partial charge in [0.15, 0.2) is 11.5 Å². The number of nitrogens with zero attached hydrogens (tertiary/aromatic N) is 1. The van der Waals surface area contributed by atoms with Gasteiger partial charge in [-0.25, -0.2) is 5.43 Å². The molecular weight excluding hydrogens is 312 g/mol. The molecule has 0 atom stereocenters. The molecule has 24 heavy (non-hydrogen) atoms. The van der Waals surface area contributed by atoms with Crippen molar-refractivity contribution in [3.05, 3.63) is 47.5 Å². The van der Waals surface area contributed by atoms with E-state index in [0.29, 0.717) is 34.1 Å². The topological polar surface area (TPSA) is 78.4 Å². The van der Waals surface area contributed by atoms with Crippen LogP contribution in [0.25, 0.3) is 0 Å². The van der Waals surface area contributed by atoms with Crippen molar-refractivity contribution in [2.45, 2.75) is 0 Å². The molecule has 1 amide bonds. The van der Waals surface area contributed by atoms with Crippen molar-refractivity contribution in [3.8, 4) is 23.0 Å². The molecule has 0 saturated carbocycles. The largest absolute Gasteiger partial charge is 0.497 e. The Morgan fingerprint density at radius 3 is 2.67 bits per heavy atom. The molecule has 0 fully saturated rings. The van der Waals surface area contributed by atoms with Crippen molar-refractivity contribution in [2.75, 3.05) is 21.0 Å². The first-order valence-corrected chi connectivity index (χ1v) is 7.16. The summed E-state index contributed by atoms with van der Waals surface area (Å²) in [5, 5.41) is 3.95. The van der Waals surface area contributed by atoms with Gasteiger partial charge < -0.3 is 18.9 Å². The lowest BCUT2D eigenvalue weighted by molar-refractivity contribution is 0.0955. The van der Waals surface area contributed by atoms with Gasteiger partial charge in [0, 0.05) is 11.1 Å². The summed E-state index contributed by atoms with van der Waals surface area (Å²) < 4.78 is 21.0. The van der Waals surface area contributed by atoms with E-state index in [4.69, 9.17) is 18.9 Å². The lowest BCUT2D eigenvalue weighted by Gasteiger charge is -2.05. The molecule has 0 bridgehead atoms. The number of fused-ring (bicyclic) bond motifs is 1. The zero-order valence-corrected chi connectivity index (χ0v) is 13.2. The molecule has 0 aliphatic carbocycles. The standard InChI is InChI=1S/C17H16N2O5/c1-21-13-5-3-12(4-6-13)17(20)19-18-9-11-7-14(22-2)16-15(8-11)23-10-24-16/h3-9H,10H2,1-2H3,(H,19,20)/b18-9-. The first-order valence-electron chi connectivity index (χ1n) is 7.16. The minimum Gasteiger partial charge on any atom is -0.497 e. The molecule has 1 N–H and O–H groups in total. The molecule has 1 aliphatic heterocycles. The zero-order chi connectivity index (χ0) is 16.9. The maximum atomic E-state index is 12.0. The lowest BCUT2D eigenvalue weighted by atomic mass is 10.2. The van der Waals surface area contributed by atoms with Crippen molar-refractivity contribution in [1.82, 2.24) is 5.43 Å². The highest BCUT2D eigenvalue weighted by Gasteiger charge is 2.19. The lowest BCUT2D eigenvalue weighted by Crippen LogP contribution is -2.17. The van der Waals surface area contributed by atoms with Crippen LogP contribution in [0.1, 0.15) is 15.9 Å². The molecular formula is C17H16N2O5. The number of ether oxygens (including phenoxy) is 4. The van der Waals surface area contributed by atoms with Gasteiger partial charge in [0.2, 0.25) is 12.5 Å². The Labute approximate surface area is 138 Å². The van der Waals surface area contributed by atoms with E-state index in [1.807, 2.05) is 0 Å². The molecule has 2 aromatic rings. The van der Waals surface area contributed by atoms with Gasteiger partial charge >= 0.3 is 0 Å². The van der Waals surface area contributed by atoms with Crippen LogP contribution in [0.4, 0.5) is 0 Å². The summed E-state index contributed by atoms with van der Waals surface area (Å²) >= 11 is 0. The predicted molar refractivity (Wildman–Crippen MR) is 87.2 cm³/mol. The third-order valence-corrected chi connectivity index (χ3v) is 3.41. The van der Waals surface area contributed by atoms with E-state index in [9.17, 15) is 4.79 Å². The molecule has 1 heterocycles. The summed E-state index contributed by atoms with van der Waals surface area (Å²) in [6, 6.07) is 10.2. The van der Waals surface area contributed by atoms with Crippen molar-refractivity contribution in [1.29, 1.82) is 0 Å². The zero-order valence-electron chi connectivity index (χ0n) is 13.2. The second-order valence-corrected chi connectivity index (χ2v) is 4.88. The van der Waals surface area contributed by atoms with Crippen LogP contribution in [0.3, 0.4) is 0 Å². The van der Waals surface area contributed by atoms with Crippen molar-refractivity contribution in [3.63, 3.8) is 0 Å². The fraction of sp³-hybridized carbons (Fsp3) is 0.176. The molecule has 0 saturated heterocycles. The highest BCUT2D eigenvalue weighted by Crippen LogP contribution is 2.41. The molecule has 3 rings (SSSR count). The van der Waals surface area contributed by atoms with E-state index in [1.165, 1.54) is 6.21 Å². The Bertz CT molecular complexity index is 771. The van der Waals surface area contributed by atoms with Crippen LogP contribution in [0.5, 0.6) is 23.0 Å². The van der Waals surface area contributed by atoms with Gasteiger partial charge in [-0.1, -0.05) is 0 Å². The molecule has 1 aliphatic rings. The van der Waals surface area contributed by atoms with Crippen LogP contribution in [0.2, 0.25) is 0 Å². The van der Waals surface area contributed by atoms with E-state index in [0.717, 1.165) is 0 Å². The van der Waals surface area contributed by atoms with E-state index in [2.05, 4.69) is 10.5 Å². The number of carbonyl (C=O) groups is 1. The first-order chi connectivity index (χ1) is 11.7. The number of benzene rings is 2. The Morgan fingerprint density at radius 1 is 1.17 bits per heavy atom. The highest BCUT2D eigenvalue weighted by molar-refractivity contribution is 5.95. The van der Waals surface area contributed by atoms with Gasteiger partial charge in [0.1, 0.15) is 5.75 Å². The summed E-state index contributed by atoms with van der Waals surface area (Å²) in [5.74, 6) is 2.06. The number of methoxy groups -OCH3 is 2. The van der Waals surface area contributed by atoms with Crippen LogP contribution >= 0.6 is 0 Å². The second kappa shape index (κ2) is 6.91. The van der Waals surface area contributed by atoms with E-state index in [1.54, 1.807) is 50.6 Å². The average Bonchev–Trinajstić information content (AvgIpc) is 3.09. The third-order valence-electron chi connectivity index (χ3n) is 3.41. The monoisotopic (exact) mass is 328 g/mol. The summed E-state index contributed by atoms with van der Waals surface area (Å²) in [6.45, 7) is 0.153. The molecule has 0 spiro atoms. The van der Waals surface area contributed by atoms with Gasteiger partial charge in [0.25, 0.3) is 5.91 Å². The number of nitrogens with one attached hydrogen (secondary N) is 1. The Balaban J connectivity index is 1.68. The number of hydrazone groups is 1. The smallest absolute Gasteiger partial charge is 0.271 e. The number of amides is 1. The van der Waals surface area contributed by atoms with Crippen LogP contribution in [-0.4, -0.2) is 33.1 Å². The van der Waals surface area contributed by atoms with Crippen molar-refractivity contribution in [2.24, 2.45) is 5.10 Å². The molecule has 7 heteroatoms. The van der Waals surface area contributed by atoms with E-state index >= 15 is 0 Å². The quantitative estimate of drug-likeness (QED) is 0.672. The van der Waals surface area contributed by atoms with Crippen LogP contribution in [-0.2, 0) is 0 Å². The summed E-state index contributed by atoms with van der Waals surface area (Å²) in [5.41, 5.74) is 3.66. The van der Waals surface area contributed by atoms with Crippen LogP contribution < -0.4 is 24.4 Å². The van der Waals surface area contributed by atoms with Gasteiger partial charge in [-0.15, -0.1) is 0 Å². The number of hydrogen-bond donors (Lipinski definition) is 1. The van der Waals surface area contributed by atoms with Crippen molar-refractivity contribution >= 4 is 12.1 Å². The van der Waals surface area contributed by atoms with Gasteiger partial charge in [-0.3, -0.25) is 4.79 Å². The van der Waals surface area contributed by atoms with E-state index in [-0.39, 0.29) is 12.7 Å². The third kappa shape index (κ3) is 3.24. The SMILES string of the molecule is COc1ccc(C(=O)N/N=C\c2cc(OC)c3c(c2)OCO3)cc1. The maximum Gasteiger partial charge on any atom is 0.271 e. The minimum absolute atomic E-state index is 0.153. The summed E-state index contributed by atoms with van der Waals surface area (Å²) in [7, 11) is 3.11. The molecule has 0 radical (unpaired) electrons. The summed E-state index contributed by atoms with van der Waals surface area (Å²) in [4.78, 5) is 12.0. The number of rotatable bonds is 5. The molecule has 0 unspecified atom stereocenters. The number of hydrogen-bond acceptors (Lipinski definition) is 6. The Kier molecular flexibility index (Phi) is 4.51. The van der Waals surface area contributed by atoms with Gasteiger partial charge in [0.05, 0.1) is 20.4 Å². The Hall–Kier alpha value is -3.22. The molecule has 0 aromatic heterocycles. The highest BCUT2D eigenvalue weighted by atomic mass is 16.7. The molecule has 124 valence electrons. The minimum atomic E-state index is -0.318. The fourth-order valence-electron chi connectivity index (χ4n) is 2.20. The van der Waals surface area contributed by atoms with Gasteiger partial charge in [-0.05, 0) is 36.4 Å².